The van der Waals surface area contributed by atoms with E-state index in [0.717, 1.165) is 0 Å². The van der Waals surface area contributed by atoms with Crippen LogP contribution < -0.4 is 10.9 Å². The fourth-order valence-electron chi connectivity index (χ4n) is 1.84. The fourth-order valence-corrected chi connectivity index (χ4v) is 2.89. The van der Waals surface area contributed by atoms with Crippen LogP contribution in [0.4, 0.5) is 0 Å². The first kappa shape index (κ1) is 14.7. The molecule has 2 heterocycles. The van der Waals surface area contributed by atoms with E-state index in [1.807, 2.05) is 6.92 Å². The number of thiophene rings is 1. The molecule has 1 amide bonds. The highest BCUT2D eigenvalue weighted by Crippen LogP contribution is 2.26. The van der Waals surface area contributed by atoms with Crippen molar-refractivity contribution in [3.05, 3.63) is 27.1 Å². The Morgan fingerprint density at radius 3 is 2.95 bits per heavy atom. The second-order valence-electron chi connectivity index (χ2n) is 4.89. The zero-order valence-corrected chi connectivity index (χ0v) is 12.5. The summed E-state index contributed by atoms with van der Waals surface area (Å²) in [7, 11) is 1.63. The molecule has 2 N–H and O–H groups in total. The minimum atomic E-state index is -0.229. The average Bonchev–Trinajstić information content (AvgIpc) is 2.77. The second kappa shape index (κ2) is 5.72. The summed E-state index contributed by atoms with van der Waals surface area (Å²) in [6, 6.07) is 0. The van der Waals surface area contributed by atoms with Gasteiger partial charge in [0.05, 0.1) is 16.6 Å². The first-order valence-electron chi connectivity index (χ1n) is 6.29. The third kappa shape index (κ3) is 2.59. The van der Waals surface area contributed by atoms with Crippen LogP contribution in [0.2, 0.25) is 0 Å². The van der Waals surface area contributed by atoms with Gasteiger partial charge in [-0.1, -0.05) is 6.92 Å². The van der Waals surface area contributed by atoms with E-state index in [4.69, 9.17) is 5.11 Å². The summed E-state index contributed by atoms with van der Waals surface area (Å²) in [5.74, 6) is -0.229. The van der Waals surface area contributed by atoms with Gasteiger partial charge in [0.1, 0.15) is 4.83 Å². The van der Waals surface area contributed by atoms with Gasteiger partial charge in [-0.25, -0.2) is 4.98 Å². The normalized spacial score (nSPS) is 12.6. The van der Waals surface area contributed by atoms with Crippen LogP contribution in [-0.2, 0) is 7.05 Å². The van der Waals surface area contributed by atoms with E-state index in [0.29, 0.717) is 27.2 Å². The van der Waals surface area contributed by atoms with E-state index >= 15 is 0 Å². The molecule has 1 atom stereocenters. The van der Waals surface area contributed by atoms with Crippen molar-refractivity contribution < 1.29 is 9.90 Å². The highest BCUT2D eigenvalue weighted by molar-refractivity contribution is 7.20. The van der Waals surface area contributed by atoms with Crippen molar-refractivity contribution in [2.75, 3.05) is 13.2 Å². The lowest BCUT2D eigenvalue weighted by Crippen LogP contribution is -2.29. The minimum absolute atomic E-state index is 0.000344. The Morgan fingerprint density at radius 2 is 2.30 bits per heavy atom. The summed E-state index contributed by atoms with van der Waals surface area (Å²) in [5.41, 5.74) is 0.513. The van der Waals surface area contributed by atoms with Gasteiger partial charge in [-0.05, 0) is 18.4 Å². The van der Waals surface area contributed by atoms with Crippen LogP contribution in [0.25, 0.3) is 10.2 Å². The average molecular weight is 295 g/mol. The molecule has 0 aliphatic heterocycles. The van der Waals surface area contributed by atoms with Gasteiger partial charge in [0.25, 0.3) is 11.5 Å². The summed E-state index contributed by atoms with van der Waals surface area (Å²) in [6.07, 6.45) is 1.45. The van der Waals surface area contributed by atoms with Crippen LogP contribution in [0.5, 0.6) is 0 Å². The van der Waals surface area contributed by atoms with Crippen molar-refractivity contribution >= 4 is 27.5 Å². The van der Waals surface area contributed by atoms with Gasteiger partial charge in [-0.15, -0.1) is 11.3 Å². The van der Waals surface area contributed by atoms with Crippen molar-refractivity contribution in [3.8, 4) is 0 Å². The molecule has 0 radical (unpaired) electrons. The minimum Gasteiger partial charge on any atom is -0.396 e. The molecular formula is C13H17N3O3S. The van der Waals surface area contributed by atoms with E-state index in [9.17, 15) is 9.59 Å². The second-order valence-corrected chi connectivity index (χ2v) is 5.89. The number of rotatable bonds is 4. The summed E-state index contributed by atoms with van der Waals surface area (Å²) in [5, 5.41) is 12.2. The Kier molecular flexibility index (Phi) is 4.20. The molecule has 20 heavy (non-hydrogen) atoms. The Morgan fingerprint density at radius 1 is 1.60 bits per heavy atom. The lowest BCUT2D eigenvalue weighted by Gasteiger charge is -2.08. The van der Waals surface area contributed by atoms with E-state index in [2.05, 4.69) is 10.3 Å². The molecule has 0 aliphatic carbocycles. The molecule has 0 aromatic carbocycles. The van der Waals surface area contributed by atoms with E-state index in [1.54, 1.807) is 14.0 Å². The molecule has 2 rings (SSSR count). The van der Waals surface area contributed by atoms with Gasteiger partial charge in [0.2, 0.25) is 0 Å². The molecule has 2 aromatic heterocycles. The molecule has 0 spiro atoms. The number of aliphatic hydroxyl groups is 1. The van der Waals surface area contributed by atoms with Gasteiger partial charge in [0.15, 0.2) is 0 Å². The van der Waals surface area contributed by atoms with E-state index in [1.165, 1.54) is 22.2 Å². The summed E-state index contributed by atoms with van der Waals surface area (Å²) in [6.45, 7) is 4.02. The largest absolute Gasteiger partial charge is 0.396 e. The molecule has 0 saturated carbocycles. The molecule has 108 valence electrons. The number of carbonyl (C=O) groups excluding carboxylic acids is 1. The van der Waals surface area contributed by atoms with E-state index < -0.39 is 0 Å². The molecule has 7 heteroatoms. The molecule has 0 aliphatic rings. The summed E-state index contributed by atoms with van der Waals surface area (Å²) >= 11 is 1.22. The first-order valence-corrected chi connectivity index (χ1v) is 7.11. The van der Waals surface area contributed by atoms with Crippen LogP contribution in [0.3, 0.4) is 0 Å². The number of carbonyl (C=O) groups is 1. The number of hydrogen-bond donors (Lipinski definition) is 2. The number of aliphatic hydroxyl groups excluding tert-OH is 1. The van der Waals surface area contributed by atoms with Crippen LogP contribution in [0.15, 0.2) is 11.1 Å². The maximum atomic E-state index is 12.1. The number of aromatic nitrogens is 2. The predicted molar refractivity (Wildman–Crippen MR) is 78.2 cm³/mol. The SMILES string of the molecule is Cc1c(C(=O)NCC(C)CO)sc2ncn(C)c(=O)c12. The molecule has 6 nitrogen and oxygen atoms in total. The predicted octanol–water partition coefficient (Wildman–Crippen LogP) is 0.662. The van der Waals surface area contributed by atoms with Gasteiger partial charge >= 0.3 is 0 Å². The number of aryl methyl sites for hydroxylation is 2. The number of nitrogens with one attached hydrogen (secondary N) is 1. The quantitative estimate of drug-likeness (QED) is 0.868. The maximum absolute atomic E-state index is 12.1. The van der Waals surface area contributed by atoms with Gasteiger partial charge in [-0.3, -0.25) is 9.59 Å². The van der Waals surface area contributed by atoms with Crippen molar-refractivity contribution in [2.24, 2.45) is 13.0 Å². The third-order valence-electron chi connectivity index (χ3n) is 3.14. The smallest absolute Gasteiger partial charge is 0.262 e. The highest BCUT2D eigenvalue weighted by Gasteiger charge is 2.19. The topological polar surface area (TPSA) is 84.2 Å². The summed E-state index contributed by atoms with van der Waals surface area (Å²) < 4.78 is 1.40. The van der Waals surface area contributed by atoms with Crippen LogP contribution >= 0.6 is 11.3 Å². The van der Waals surface area contributed by atoms with Gasteiger partial charge < -0.3 is 15.0 Å². The van der Waals surface area contributed by atoms with Crippen LogP contribution in [-0.4, -0.2) is 33.7 Å². The summed E-state index contributed by atoms with van der Waals surface area (Å²) in [4.78, 5) is 29.4. The Bertz CT molecular complexity index is 705. The lowest BCUT2D eigenvalue weighted by atomic mass is 10.2. The zero-order valence-electron chi connectivity index (χ0n) is 11.6. The zero-order chi connectivity index (χ0) is 14.9. The molecule has 2 aromatic rings. The first-order chi connectivity index (χ1) is 9.45. The fraction of sp³-hybridized carbons (Fsp3) is 0.462. The monoisotopic (exact) mass is 295 g/mol. The Labute approximate surface area is 120 Å². The molecule has 0 fully saturated rings. The Balaban J connectivity index is 2.36. The maximum Gasteiger partial charge on any atom is 0.262 e. The third-order valence-corrected chi connectivity index (χ3v) is 4.34. The molecule has 0 saturated heterocycles. The standard InChI is InChI=1S/C13H17N3O3S/c1-7(5-17)4-14-11(18)10-8(2)9-12(20-10)15-6-16(3)13(9)19/h6-7,17H,4-5H2,1-3H3,(H,14,18). The van der Waals surface area contributed by atoms with Gasteiger partial charge in [0, 0.05) is 20.2 Å². The number of amides is 1. The van der Waals surface area contributed by atoms with Gasteiger partial charge in [-0.2, -0.15) is 0 Å². The number of nitrogens with zero attached hydrogens (tertiary/aromatic N) is 2. The lowest BCUT2D eigenvalue weighted by molar-refractivity contribution is 0.0946. The highest BCUT2D eigenvalue weighted by atomic mass is 32.1. The van der Waals surface area contributed by atoms with Crippen LogP contribution in [0, 0.1) is 12.8 Å². The Hall–Kier alpha value is -1.73. The number of fused-ring (bicyclic) bond motifs is 1. The molecule has 0 bridgehead atoms. The van der Waals surface area contributed by atoms with Crippen molar-refractivity contribution in [1.82, 2.24) is 14.9 Å². The molecular weight excluding hydrogens is 278 g/mol. The molecule has 1 unspecified atom stereocenters. The van der Waals surface area contributed by atoms with Crippen LogP contribution in [0.1, 0.15) is 22.2 Å². The van der Waals surface area contributed by atoms with Crippen molar-refractivity contribution in [1.29, 1.82) is 0 Å². The number of hydrogen-bond acceptors (Lipinski definition) is 5. The van der Waals surface area contributed by atoms with Crippen molar-refractivity contribution in [3.63, 3.8) is 0 Å². The van der Waals surface area contributed by atoms with Crippen molar-refractivity contribution in [2.45, 2.75) is 13.8 Å². The van der Waals surface area contributed by atoms with E-state index in [-0.39, 0.29) is 24.0 Å².